The molecule has 4 nitrogen and oxygen atoms in total. The lowest BCUT2D eigenvalue weighted by Gasteiger charge is -1.99. The summed E-state index contributed by atoms with van der Waals surface area (Å²) in [6, 6.07) is 8.25. The third-order valence-electron chi connectivity index (χ3n) is 3.02. The summed E-state index contributed by atoms with van der Waals surface area (Å²) >= 11 is 0. The van der Waals surface area contributed by atoms with Crippen LogP contribution in [0.15, 0.2) is 28.7 Å². The van der Waals surface area contributed by atoms with Crippen LogP contribution in [-0.4, -0.2) is 16.1 Å². The number of rotatable bonds is 5. The number of aromatic nitrogens is 1. The lowest BCUT2D eigenvalue weighted by Crippen LogP contribution is -1.98. The lowest BCUT2D eigenvalue weighted by atomic mass is 10.1. The predicted octanol–water partition coefficient (Wildman–Crippen LogP) is 3.03. The average molecular weight is 259 g/mol. The Hall–Kier alpha value is -2.10. The zero-order valence-electron chi connectivity index (χ0n) is 11.1. The van der Waals surface area contributed by atoms with Crippen LogP contribution in [0.2, 0.25) is 0 Å². The van der Waals surface area contributed by atoms with Crippen LogP contribution < -0.4 is 0 Å². The summed E-state index contributed by atoms with van der Waals surface area (Å²) in [6.45, 7) is 3.92. The standard InChI is InChI=1S/C15H17NO3/c1-3-12-14(15(17)18)19-13(16-12)9-8-11-6-4-10(2)5-7-11/h4-7H,3,8-9H2,1-2H3,(H,17,18). The van der Waals surface area contributed by atoms with Crippen LogP contribution in [0.5, 0.6) is 0 Å². The topological polar surface area (TPSA) is 63.3 Å². The normalized spacial score (nSPS) is 10.6. The zero-order valence-corrected chi connectivity index (χ0v) is 11.1. The Morgan fingerprint density at radius 3 is 2.47 bits per heavy atom. The fraction of sp³-hybridized carbons (Fsp3) is 0.333. The number of hydrogen-bond acceptors (Lipinski definition) is 3. The lowest BCUT2D eigenvalue weighted by molar-refractivity contribution is 0.0659. The fourth-order valence-corrected chi connectivity index (χ4v) is 1.92. The van der Waals surface area contributed by atoms with Gasteiger partial charge in [0, 0.05) is 6.42 Å². The maximum Gasteiger partial charge on any atom is 0.373 e. The predicted molar refractivity (Wildman–Crippen MR) is 71.4 cm³/mol. The van der Waals surface area contributed by atoms with Gasteiger partial charge in [0.25, 0.3) is 0 Å². The molecule has 2 rings (SSSR count). The monoisotopic (exact) mass is 259 g/mol. The third kappa shape index (κ3) is 3.22. The Labute approximate surface area is 112 Å². The second kappa shape index (κ2) is 5.69. The van der Waals surface area contributed by atoms with Gasteiger partial charge < -0.3 is 9.52 Å². The molecular weight excluding hydrogens is 242 g/mol. The molecule has 1 N–H and O–H groups in total. The molecule has 0 amide bonds. The number of aryl methyl sites for hydroxylation is 4. The zero-order chi connectivity index (χ0) is 13.8. The molecule has 0 bridgehead atoms. The highest BCUT2D eigenvalue weighted by Crippen LogP contribution is 2.14. The Morgan fingerprint density at radius 2 is 1.95 bits per heavy atom. The molecule has 0 aliphatic carbocycles. The fourth-order valence-electron chi connectivity index (χ4n) is 1.92. The summed E-state index contributed by atoms with van der Waals surface area (Å²) in [6.07, 6.45) is 1.97. The minimum atomic E-state index is -1.05. The molecule has 0 unspecified atom stereocenters. The van der Waals surface area contributed by atoms with Crippen LogP contribution in [0.25, 0.3) is 0 Å². The molecule has 0 radical (unpaired) electrons. The molecule has 19 heavy (non-hydrogen) atoms. The molecule has 0 fully saturated rings. The van der Waals surface area contributed by atoms with Crippen molar-refractivity contribution >= 4 is 5.97 Å². The summed E-state index contributed by atoms with van der Waals surface area (Å²) < 4.78 is 5.30. The molecule has 0 saturated heterocycles. The first-order valence-corrected chi connectivity index (χ1v) is 6.37. The molecule has 1 aromatic carbocycles. The van der Waals surface area contributed by atoms with Crippen LogP contribution in [-0.2, 0) is 19.3 Å². The molecule has 0 saturated carbocycles. The van der Waals surface area contributed by atoms with E-state index in [1.165, 1.54) is 11.1 Å². The first-order valence-electron chi connectivity index (χ1n) is 6.37. The first kappa shape index (κ1) is 13.3. The van der Waals surface area contributed by atoms with E-state index in [1.54, 1.807) is 0 Å². The number of benzene rings is 1. The van der Waals surface area contributed by atoms with E-state index in [-0.39, 0.29) is 5.76 Å². The van der Waals surface area contributed by atoms with E-state index in [2.05, 4.69) is 29.2 Å². The molecule has 0 spiro atoms. The quantitative estimate of drug-likeness (QED) is 0.896. The van der Waals surface area contributed by atoms with Gasteiger partial charge in [-0.15, -0.1) is 0 Å². The second-order valence-corrected chi connectivity index (χ2v) is 4.53. The highest BCUT2D eigenvalue weighted by atomic mass is 16.4. The van der Waals surface area contributed by atoms with Gasteiger partial charge in [0.05, 0.1) is 5.69 Å². The van der Waals surface area contributed by atoms with Gasteiger partial charge in [0.2, 0.25) is 5.76 Å². The SMILES string of the molecule is CCc1nc(CCc2ccc(C)cc2)oc1C(=O)O. The highest BCUT2D eigenvalue weighted by molar-refractivity contribution is 5.85. The van der Waals surface area contributed by atoms with Crippen molar-refractivity contribution in [2.75, 3.05) is 0 Å². The summed E-state index contributed by atoms with van der Waals surface area (Å²) in [7, 11) is 0. The maximum absolute atomic E-state index is 11.0. The van der Waals surface area contributed by atoms with Crippen LogP contribution in [0.3, 0.4) is 0 Å². The minimum absolute atomic E-state index is 0.0265. The van der Waals surface area contributed by atoms with Crippen LogP contribution >= 0.6 is 0 Å². The largest absolute Gasteiger partial charge is 0.475 e. The van der Waals surface area contributed by atoms with E-state index >= 15 is 0 Å². The molecule has 4 heteroatoms. The van der Waals surface area contributed by atoms with Gasteiger partial charge in [0.15, 0.2) is 5.89 Å². The Morgan fingerprint density at radius 1 is 1.26 bits per heavy atom. The van der Waals surface area contributed by atoms with Gasteiger partial charge in [-0.3, -0.25) is 0 Å². The molecular formula is C15H17NO3. The first-order chi connectivity index (χ1) is 9.10. The van der Waals surface area contributed by atoms with Gasteiger partial charge in [-0.2, -0.15) is 0 Å². The third-order valence-corrected chi connectivity index (χ3v) is 3.02. The number of carbonyl (C=O) groups is 1. The Kier molecular flexibility index (Phi) is 4.00. The Balaban J connectivity index is 2.07. The highest BCUT2D eigenvalue weighted by Gasteiger charge is 2.17. The van der Waals surface area contributed by atoms with E-state index in [0.717, 1.165) is 6.42 Å². The molecule has 0 atom stereocenters. The second-order valence-electron chi connectivity index (χ2n) is 4.53. The molecule has 0 aliphatic rings. The molecule has 100 valence electrons. The van der Waals surface area contributed by atoms with Crippen molar-refractivity contribution in [2.45, 2.75) is 33.1 Å². The van der Waals surface area contributed by atoms with Crippen LogP contribution in [0.4, 0.5) is 0 Å². The smallest absolute Gasteiger partial charge is 0.373 e. The number of nitrogens with zero attached hydrogens (tertiary/aromatic N) is 1. The van der Waals surface area contributed by atoms with E-state index in [4.69, 9.17) is 9.52 Å². The van der Waals surface area contributed by atoms with Crippen molar-refractivity contribution < 1.29 is 14.3 Å². The van der Waals surface area contributed by atoms with Gasteiger partial charge in [-0.05, 0) is 25.3 Å². The minimum Gasteiger partial charge on any atom is -0.475 e. The van der Waals surface area contributed by atoms with E-state index in [0.29, 0.717) is 24.4 Å². The van der Waals surface area contributed by atoms with Crippen molar-refractivity contribution in [2.24, 2.45) is 0 Å². The van der Waals surface area contributed by atoms with Crippen molar-refractivity contribution in [3.05, 3.63) is 52.7 Å². The molecule has 2 aromatic rings. The van der Waals surface area contributed by atoms with Crippen molar-refractivity contribution in [3.8, 4) is 0 Å². The van der Waals surface area contributed by atoms with Crippen molar-refractivity contribution in [3.63, 3.8) is 0 Å². The van der Waals surface area contributed by atoms with Crippen LogP contribution in [0, 0.1) is 6.92 Å². The van der Waals surface area contributed by atoms with Crippen LogP contribution in [0.1, 0.15) is 40.2 Å². The number of hydrogen-bond donors (Lipinski definition) is 1. The summed E-state index contributed by atoms with van der Waals surface area (Å²) in [5, 5.41) is 8.99. The number of oxazole rings is 1. The van der Waals surface area contributed by atoms with E-state index in [9.17, 15) is 4.79 Å². The average Bonchev–Trinajstić information content (AvgIpc) is 2.81. The Bertz CT molecular complexity index is 570. The number of aromatic carboxylic acids is 1. The summed E-state index contributed by atoms with van der Waals surface area (Å²) in [5.41, 5.74) is 2.94. The van der Waals surface area contributed by atoms with Crippen molar-refractivity contribution in [1.82, 2.24) is 4.98 Å². The van der Waals surface area contributed by atoms with E-state index < -0.39 is 5.97 Å². The molecule has 1 aromatic heterocycles. The summed E-state index contributed by atoms with van der Waals surface area (Å²) in [5.74, 6) is -0.581. The number of carboxylic acids is 1. The van der Waals surface area contributed by atoms with E-state index in [1.807, 2.05) is 13.8 Å². The van der Waals surface area contributed by atoms with Gasteiger partial charge in [-0.25, -0.2) is 9.78 Å². The van der Waals surface area contributed by atoms with Gasteiger partial charge in [-0.1, -0.05) is 36.8 Å². The maximum atomic E-state index is 11.0. The molecule has 0 aliphatic heterocycles. The van der Waals surface area contributed by atoms with Gasteiger partial charge in [0.1, 0.15) is 0 Å². The van der Waals surface area contributed by atoms with Crippen molar-refractivity contribution in [1.29, 1.82) is 0 Å². The number of carboxylic acid groups (broad SMARTS) is 1. The summed E-state index contributed by atoms with van der Waals surface area (Å²) in [4.78, 5) is 15.2. The molecule has 1 heterocycles. The van der Waals surface area contributed by atoms with Gasteiger partial charge >= 0.3 is 5.97 Å².